The molecular formula is C19H26Cl2N4O2S2. The zero-order valence-electron chi connectivity index (χ0n) is 16.7. The van der Waals surface area contributed by atoms with Crippen LogP contribution < -0.4 is 11.1 Å². The Morgan fingerprint density at radius 1 is 1.14 bits per heavy atom. The molecule has 0 spiro atoms. The van der Waals surface area contributed by atoms with Crippen molar-refractivity contribution in [3.8, 4) is 0 Å². The Balaban J connectivity index is 0.00000210. The molecule has 3 N–H and O–H groups in total. The highest BCUT2D eigenvalue weighted by molar-refractivity contribution is 7.90. The van der Waals surface area contributed by atoms with Crippen molar-refractivity contribution in [1.82, 2.24) is 9.97 Å². The predicted octanol–water partition coefficient (Wildman–Crippen LogP) is 4.23. The molecule has 0 aliphatic rings. The molecule has 0 aliphatic carbocycles. The van der Waals surface area contributed by atoms with Gasteiger partial charge in [-0.15, -0.1) is 36.2 Å². The molecule has 1 unspecified atom stereocenters. The maximum atomic E-state index is 11.6. The third kappa shape index (κ3) is 5.58. The molecule has 0 fully saturated rings. The van der Waals surface area contributed by atoms with Crippen molar-refractivity contribution < 1.29 is 8.42 Å². The summed E-state index contributed by atoms with van der Waals surface area (Å²) in [5, 5.41) is 4.52. The lowest BCUT2D eigenvalue weighted by atomic mass is 10.1. The van der Waals surface area contributed by atoms with Gasteiger partial charge in [-0.05, 0) is 50.6 Å². The molecular weight excluding hydrogens is 451 g/mol. The van der Waals surface area contributed by atoms with Crippen molar-refractivity contribution in [2.75, 3.05) is 18.1 Å². The van der Waals surface area contributed by atoms with E-state index in [9.17, 15) is 8.42 Å². The SMILES string of the molecule is Cc1sc2nc(CCN)nc(NC(C)c3ccc(S(C)(=O)=O)cc3)c2c1C.Cl.Cl. The molecule has 0 bridgehead atoms. The number of aryl methyl sites for hydroxylation is 2. The zero-order valence-corrected chi connectivity index (χ0v) is 20.0. The van der Waals surface area contributed by atoms with Crippen molar-refractivity contribution in [3.63, 3.8) is 0 Å². The number of hydrogen-bond acceptors (Lipinski definition) is 7. The van der Waals surface area contributed by atoms with Crippen LogP contribution in [-0.2, 0) is 16.3 Å². The number of halogens is 2. The first-order chi connectivity index (χ1) is 12.7. The summed E-state index contributed by atoms with van der Waals surface area (Å²) in [6.07, 6.45) is 1.83. The molecule has 2 aromatic heterocycles. The lowest BCUT2D eigenvalue weighted by Crippen LogP contribution is -2.12. The van der Waals surface area contributed by atoms with E-state index in [1.54, 1.807) is 23.5 Å². The fourth-order valence-corrected chi connectivity index (χ4v) is 4.61. The van der Waals surface area contributed by atoms with E-state index in [-0.39, 0.29) is 30.9 Å². The van der Waals surface area contributed by atoms with Crippen LogP contribution in [0, 0.1) is 13.8 Å². The Kier molecular flexibility index (Phi) is 8.86. The summed E-state index contributed by atoms with van der Waals surface area (Å²) in [6.45, 7) is 6.69. The Morgan fingerprint density at radius 3 is 2.31 bits per heavy atom. The second-order valence-corrected chi connectivity index (χ2v) is 9.92. The van der Waals surface area contributed by atoms with Gasteiger partial charge in [-0.2, -0.15) is 0 Å². The molecule has 160 valence electrons. The number of rotatable bonds is 6. The number of benzene rings is 1. The van der Waals surface area contributed by atoms with E-state index < -0.39 is 9.84 Å². The molecule has 29 heavy (non-hydrogen) atoms. The summed E-state index contributed by atoms with van der Waals surface area (Å²) in [5.41, 5.74) is 7.85. The van der Waals surface area contributed by atoms with E-state index in [0.717, 1.165) is 27.4 Å². The lowest BCUT2D eigenvalue weighted by Gasteiger charge is -2.17. The third-order valence-corrected chi connectivity index (χ3v) is 6.83. The van der Waals surface area contributed by atoms with Gasteiger partial charge in [0.15, 0.2) is 9.84 Å². The number of nitrogens with one attached hydrogen (secondary N) is 1. The molecule has 2 heterocycles. The predicted molar refractivity (Wildman–Crippen MR) is 126 cm³/mol. The smallest absolute Gasteiger partial charge is 0.175 e. The highest BCUT2D eigenvalue weighted by atomic mass is 35.5. The van der Waals surface area contributed by atoms with E-state index in [2.05, 4.69) is 24.1 Å². The van der Waals surface area contributed by atoms with Gasteiger partial charge < -0.3 is 11.1 Å². The van der Waals surface area contributed by atoms with Gasteiger partial charge in [-0.25, -0.2) is 18.4 Å². The molecule has 3 rings (SSSR count). The van der Waals surface area contributed by atoms with Crippen LogP contribution in [0.4, 0.5) is 5.82 Å². The summed E-state index contributed by atoms with van der Waals surface area (Å²) in [4.78, 5) is 11.8. The molecule has 10 heteroatoms. The molecule has 0 saturated carbocycles. The number of nitrogens with zero attached hydrogens (tertiary/aromatic N) is 2. The topological polar surface area (TPSA) is 98.0 Å². The van der Waals surface area contributed by atoms with Crippen molar-refractivity contribution in [2.45, 2.75) is 38.1 Å². The van der Waals surface area contributed by atoms with Crippen LogP contribution in [0.5, 0.6) is 0 Å². The molecule has 6 nitrogen and oxygen atoms in total. The quantitative estimate of drug-likeness (QED) is 0.552. The summed E-state index contributed by atoms with van der Waals surface area (Å²) >= 11 is 1.66. The first kappa shape index (κ1) is 25.6. The average Bonchev–Trinajstić information content (AvgIpc) is 2.89. The monoisotopic (exact) mass is 476 g/mol. The molecule has 0 radical (unpaired) electrons. The van der Waals surface area contributed by atoms with Crippen LogP contribution >= 0.6 is 36.2 Å². The molecule has 1 atom stereocenters. The molecule has 0 saturated heterocycles. The highest BCUT2D eigenvalue weighted by Crippen LogP contribution is 2.34. The zero-order chi connectivity index (χ0) is 19.8. The average molecular weight is 477 g/mol. The van der Waals surface area contributed by atoms with Crippen molar-refractivity contribution in [1.29, 1.82) is 0 Å². The van der Waals surface area contributed by atoms with Crippen molar-refractivity contribution in [3.05, 3.63) is 46.1 Å². The third-order valence-electron chi connectivity index (χ3n) is 4.60. The van der Waals surface area contributed by atoms with Gasteiger partial charge in [0.2, 0.25) is 0 Å². The van der Waals surface area contributed by atoms with Crippen LogP contribution in [0.25, 0.3) is 10.2 Å². The van der Waals surface area contributed by atoms with E-state index in [4.69, 9.17) is 10.7 Å². The van der Waals surface area contributed by atoms with E-state index in [0.29, 0.717) is 17.9 Å². The summed E-state index contributed by atoms with van der Waals surface area (Å²) in [6, 6.07) is 6.90. The molecule has 0 amide bonds. The number of hydrogen-bond donors (Lipinski definition) is 2. The maximum absolute atomic E-state index is 11.6. The van der Waals surface area contributed by atoms with E-state index in [1.807, 2.05) is 19.1 Å². The lowest BCUT2D eigenvalue weighted by molar-refractivity contribution is 0.602. The Labute approximate surface area is 188 Å². The summed E-state index contributed by atoms with van der Waals surface area (Å²) in [7, 11) is -3.20. The number of aromatic nitrogens is 2. The van der Waals surface area contributed by atoms with E-state index in [1.165, 1.54) is 16.7 Å². The Morgan fingerprint density at radius 2 is 1.76 bits per heavy atom. The number of sulfone groups is 1. The maximum Gasteiger partial charge on any atom is 0.175 e. The minimum absolute atomic E-state index is 0. The minimum atomic E-state index is -3.20. The molecule has 0 aliphatic heterocycles. The van der Waals surface area contributed by atoms with Gasteiger partial charge in [0.25, 0.3) is 0 Å². The van der Waals surface area contributed by atoms with Gasteiger partial charge in [-0.1, -0.05) is 12.1 Å². The number of nitrogens with two attached hydrogens (primary N) is 1. The van der Waals surface area contributed by atoms with Gasteiger partial charge in [0.1, 0.15) is 16.5 Å². The molecule has 3 aromatic rings. The van der Waals surface area contributed by atoms with Crippen molar-refractivity contribution in [2.24, 2.45) is 5.73 Å². The summed E-state index contributed by atoms with van der Waals surface area (Å²) in [5.74, 6) is 1.53. The number of anilines is 1. The molecule has 1 aromatic carbocycles. The fraction of sp³-hybridized carbons (Fsp3) is 0.368. The Bertz CT molecular complexity index is 1080. The number of fused-ring (bicyclic) bond motifs is 1. The fourth-order valence-electron chi connectivity index (χ4n) is 2.93. The van der Waals surface area contributed by atoms with Gasteiger partial charge in [-0.3, -0.25) is 0 Å². The Hall–Kier alpha value is -1.45. The van der Waals surface area contributed by atoms with Gasteiger partial charge in [0, 0.05) is 23.6 Å². The first-order valence-electron chi connectivity index (χ1n) is 8.74. The second kappa shape index (κ2) is 10.0. The highest BCUT2D eigenvalue weighted by Gasteiger charge is 2.17. The van der Waals surface area contributed by atoms with E-state index >= 15 is 0 Å². The second-order valence-electron chi connectivity index (χ2n) is 6.70. The standard InChI is InChI=1S/C19H24N4O2S2.2ClH/c1-11-13(3)26-19-17(11)18(22-16(23-19)9-10-20)21-12(2)14-5-7-15(8-6-14)27(4,24)25;;/h5-8,12H,9-10,20H2,1-4H3,(H,21,22,23);2*1H. The van der Waals surface area contributed by atoms with Crippen LogP contribution in [0.15, 0.2) is 29.2 Å². The van der Waals surface area contributed by atoms with Gasteiger partial charge in [0.05, 0.1) is 10.3 Å². The van der Waals surface area contributed by atoms with Crippen LogP contribution in [0.1, 0.15) is 34.8 Å². The summed E-state index contributed by atoms with van der Waals surface area (Å²) < 4.78 is 23.3. The number of thiophene rings is 1. The largest absolute Gasteiger partial charge is 0.363 e. The minimum Gasteiger partial charge on any atom is -0.363 e. The van der Waals surface area contributed by atoms with Crippen LogP contribution in [0.2, 0.25) is 0 Å². The van der Waals surface area contributed by atoms with Crippen LogP contribution in [0.3, 0.4) is 0 Å². The first-order valence-corrected chi connectivity index (χ1v) is 11.4. The normalized spacial score (nSPS) is 12.2. The van der Waals surface area contributed by atoms with Crippen LogP contribution in [-0.4, -0.2) is 31.2 Å². The van der Waals surface area contributed by atoms with Crippen molar-refractivity contribution >= 4 is 62.0 Å². The van der Waals surface area contributed by atoms with Gasteiger partial charge >= 0.3 is 0 Å².